The van der Waals surface area contributed by atoms with Gasteiger partial charge in [-0.2, -0.15) is 18.2 Å². The molecule has 0 atom stereocenters. The third kappa shape index (κ3) is 5.90. The zero-order valence-corrected chi connectivity index (χ0v) is 19.2. The molecule has 4 aromatic rings. The van der Waals surface area contributed by atoms with E-state index in [9.17, 15) is 26.3 Å². The molecule has 0 aromatic heterocycles. The van der Waals surface area contributed by atoms with Crippen molar-refractivity contribution in [2.24, 2.45) is 0 Å². The van der Waals surface area contributed by atoms with Crippen molar-refractivity contribution in [3.05, 3.63) is 126 Å². The van der Waals surface area contributed by atoms with Gasteiger partial charge in [-0.15, -0.1) is 12.1 Å². The Kier molecular flexibility index (Phi) is 9.73. The van der Waals surface area contributed by atoms with Gasteiger partial charge >= 0.3 is 22.4 Å². The van der Waals surface area contributed by atoms with Crippen LogP contribution in [0.2, 0.25) is 0 Å². The average Bonchev–Trinajstić information content (AvgIpc) is 2.81. The molecule has 0 spiro atoms. The fraction of sp³-hybridized carbons (Fsp3) is 0. The number of benzene rings is 4. The van der Waals surface area contributed by atoms with E-state index in [1.165, 1.54) is 12.1 Å². The van der Waals surface area contributed by atoms with Crippen LogP contribution in [0.25, 0.3) is 0 Å². The first-order valence-electron chi connectivity index (χ1n) is 8.95. The van der Waals surface area contributed by atoms with Crippen molar-refractivity contribution in [1.29, 1.82) is 0 Å². The van der Waals surface area contributed by atoms with Gasteiger partial charge in [-0.05, 0) is 18.5 Å². The third-order valence-electron chi connectivity index (χ3n) is 4.11. The molecule has 0 heterocycles. The van der Waals surface area contributed by atoms with Gasteiger partial charge in [-0.3, -0.25) is 4.39 Å². The van der Waals surface area contributed by atoms with Crippen LogP contribution in [0.4, 0.5) is 26.3 Å². The molecular formula is C24H14AuF6P. The largest absolute Gasteiger partial charge is 1.00 e. The molecule has 0 fully saturated rings. The predicted molar refractivity (Wildman–Crippen MR) is 110 cm³/mol. The maximum Gasteiger partial charge on any atom is 1.00 e. The van der Waals surface area contributed by atoms with Crippen LogP contribution in [0.5, 0.6) is 0 Å². The van der Waals surface area contributed by atoms with Gasteiger partial charge in [0, 0.05) is 5.82 Å². The Morgan fingerprint density at radius 3 is 1.31 bits per heavy atom. The molecule has 4 aromatic carbocycles. The van der Waals surface area contributed by atoms with Crippen LogP contribution < -0.4 is 15.9 Å². The van der Waals surface area contributed by atoms with Crippen LogP contribution >= 0.6 is 7.92 Å². The van der Waals surface area contributed by atoms with E-state index in [-0.39, 0.29) is 28.2 Å². The third-order valence-corrected chi connectivity index (χ3v) is 6.58. The van der Waals surface area contributed by atoms with Crippen molar-refractivity contribution in [2.75, 3.05) is 0 Å². The molecule has 0 bridgehead atoms. The van der Waals surface area contributed by atoms with E-state index < -0.39 is 42.3 Å². The number of hydrogen-bond acceptors (Lipinski definition) is 0. The summed E-state index contributed by atoms with van der Waals surface area (Å²) in [7, 11) is -1.93. The van der Waals surface area contributed by atoms with Crippen LogP contribution in [0, 0.1) is 41.0 Å². The molecule has 168 valence electrons. The zero-order valence-electron chi connectivity index (χ0n) is 16.1. The molecule has 0 aliphatic heterocycles. The second-order valence-corrected chi connectivity index (χ2v) is 8.30. The van der Waals surface area contributed by atoms with Gasteiger partial charge in [0.2, 0.25) is 5.82 Å². The summed E-state index contributed by atoms with van der Waals surface area (Å²) in [6.45, 7) is 0. The summed E-state index contributed by atoms with van der Waals surface area (Å²) < 4.78 is 81.1. The van der Waals surface area contributed by atoms with Gasteiger partial charge in [-0.1, -0.05) is 60.7 Å². The number of rotatable bonds is 3. The van der Waals surface area contributed by atoms with Crippen molar-refractivity contribution in [2.45, 2.75) is 0 Å². The van der Waals surface area contributed by atoms with E-state index in [2.05, 4.69) is 6.07 Å². The summed E-state index contributed by atoms with van der Waals surface area (Å²) in [6, 6.07) is 25.0. The van der Waals surface area contributed by atoms with Crippen LogP contribution in [-0.4, -0.2) is 0 Å². The van der Waals surface area contributed by atoms with Crippen molar-refractivity contribution < 1.29 is 48.7 Å². The summed E-state index contributed by atoms with van der Waals surface area (Å²) in [6.07, 6.45) is 0. The molecule has 0 aliphatic rings. The van der Waals surface area contributed by atoms with E-state index in [0.717, 1.165) is 0 Å². The maximum absolute atomic E-state index is 14.3. The van der Waals surface area contributed by atoms with Crippen LogP contribution in [0.3, 0.4) is 0 Å². The fourth-order valence-electron chi connectivity index (χ4n) is 2.72. The van der Waals surface area contributed by atoms with E-state index in [1.54, 1.807) is 72.8 Å². The van der Waals surface area contributed by atoms with Crippen molar-refractivity contribution in [3.8, 4) is 0 Å². The molecular weight excluding hydrogens is 630 g/mol. The minimum absolute atomic E-state index is 0. The zero-order chi connectivity index (χ0) is 22.4. The average molecular weight is 644 g/mol. The van der Waals surface area contributed by atoms with Gasteiger partial charge in [0.1, 0.15) is 0 Å². The Morgan fingerprint density at radius 1 is 0.531 bits per heavy atom. The first-order valence-corrected chi connectivity index (χ1v) is 10.3. The van der Waals surface area contributed by atoms with Gasteiger partial charge in [0.25, 0.3) is 0 Å². The number of halogens is 6. The molecule has 0 amide bonds. The van der Waals surface area contributed by atoms with E-state index in [0.29, 0.717) is 10.6 Å². The fourth-order valence-corrected chi connectivity index (χ4v) is 5.07. The topological polar surface area (TPSA) is 0 Å². The first-order chi connectivity index (χ1) is 14.9. The Balaban J connectivity index is 0.000000388. The van der Waals surface area contributed by atoms with E-state index in [1.807, 2.05) is 0 Å². The van der Waals surface area contributed by atoms with Crippen molar-refractivity contribution in [3.63, 3.8) is 0 Å². The molecule has 8 heteroatoms. The second-order valence-electron chi connectivity index (χ2n) is 6.15. The Bertz CT molecular complexity index is 1070. The summed E-state index contributed by atoms with van der Waals surface area (Å²) in [4.78, 5) is 0. The Labute approximate surface area is 198 Å². The summed E-state index contributed by atoms with van der Waals surface area (Å²) in [5, 5.41) is 0.183. The SMILES string of the molecule is Fc1c(F)c(F)c(P(c2ccccc2)c2ccccc2)c(F)c1F.Fc1c[c-]ccc1.[Au+]. The van der Waals surface area contributed by atoms with Crippen LogP contribution in [0.15, 0.2) is 84.9 Å². The minimum Gasteiger partial charge on any atom is -0.284 e. The van der Waals surface area contributed by atoms with Gasteiger partial charge in [0.15, 0.2) is 23.3 Å². The smallest absolute Gasteiger partial charge is 0.284 e. The monoisotopic (exact) mass is 644 g/mol. The van der Waals surface area contributed by atoms with Gasteiger partial charge < -0.3 is 0 Å². The quantitative estimate of drug-likeness (QED) is 0.0665. The molecule has 0 saturated carbocycles. The molecule has 0 radical (unpaired) electrons. The first kappa shape index (κ1) is 25.9. The van der Waals surface area contributed by atoms with Crippen molar-refractivity contribution in [1.82, 2.24) is 0 Å². The number of hydrogen-bond donors (Lipinski definition) is 0. The maximum atomic E-state index is 14.3. The van der Waals surface area contributed by atoms with E-state index in [4.69, 9.17) is 0 Å². The Hall–Kier alpha value is -2.37. The molecule has 0 saturated heterocycles. The predicted octanol–water partition coefficient (Wildman–Crippen LogP) is 5.76. The van der Waals surface area contributed by atoms with Gasteiger partial charge in [0.05, 0.1) is 5.30 Å². The second kappa shape index (κ2) is 12.0. The summed E-state index contributed by atoms with van der Waals surface area (Å²) >= 11 is 0. The van der Waals surface area contributed by atoms with Gasteiger partial charge in [-0.25, -0.2) is 22.0 Å². The van der Waals surface area contributed by atoms with Crippen molar-refractivity contribution >= 4 is 23.8 Å². The Morgan fingerprint density at radius 2 is 0.969 bits per heavy atom. The standard InChI is InChI=1S/C18H10F5P.C6H4F.Au/c19-13-14(20)16(22)18(17(23)15(13)21)24(11-7-3-1-4-8-11)12-9-5-2-6-10-12;7-6-4-2-1-3-5-6;/h1-10H;1-2,4-5H;/q;-1;+1. The molecule has 0 aliphatic carbocycles. The van der Waals surface area contributed by atoms with Crippen LogP contribution in [0.1, 0.15) is 0 Å². The molecule has 0 unspecified atom stereocenters. The summed E-state index contributed by atoms with van der Waals surface area (Å²) in [5.41, 5.74) is 0. The minimum atomic E-state index is -2.15. The normalized spacial score (nSPS) is 10.2. The molecule has 32 heavy (non-hydrogen) atoms. The summed E-state index contributed by atoms with van der Waals surface area (Å²) in [5.74, 6) is -9.81. The van der Waals surface area contributed by atoms with Crippen LogP contribution in [-0.2, 0) is 22.4 Å². The molecule has 0 N–H and O–H groups in total. The van der Waals surface area contributed by atoms with E-state index >= 15 is 0 Å². The molecule has 4 rings (SSSR count). The molecule has 0 nitrogen and oxygen atoms in total.